The molecule has 18 heavy (non-hydrogen) atoms. The summed E-state index contributed by atoms with van der Waals surface area (Å²) in [5.41, 5.74) is 5.03. The van der Waals surface area contributed by atoms with E-state index >= 15 is 0 Å². The van der Waals surface area contributed by atoms with Gasteiger partial charge in [0.15, 0.2) is 0 Å². The molecule has 3 heteroatoms. The normalized spacial score (nSPS) is 12.4. The van der Waals surface area contributed by atoms with Crippen molar-refractivity contribution < 1.29 is 0 Å². The predicted octanol–water partition coefficient (Wildman–Crippen LogP) is 2.60. The van der Waals surface area contributed by atoms with Gasteiger partial charge in [-0.15, -0.1) is 0 Å². The van der Waals surface area contributed by atoms with Crippen molar-refractivity contribution in [3.63, 3.8) is 0 Å². The van der Waals surface area contributed by atoms with Crippen molar-refractivity contribution in [3.8, 4) is 0 Å². The summed E-state index contributed by atoms with van der Waals surface area (Å²) < 4.78 is 0. The smallest absolute Gasteiger partial charge is 0.115 e. The van der Waals surface area contributed by atoms with Crippen LogP contribution in [0.5, 0.6) is 0 Å². The van der Waals surface area contributed by atoms with Gasteiger partial charge >= 0.3 is 0 Å². The number of nitrogens with one attached hydrogen (secondary N) is 1. The molecule has 2 aromatic rings. The van der Waals surface area contributed by atoms with Gasteiger partial charge in [-0.05, 0) is 44.5 Å². The fourth-order valence-corrected chi connectivity index (χ4v) is 2.10. The first kappa shape index (κ1) is 12.7. The van der Waals surface area contributed by atoms with E-state index in [4.69, 9.17) is 0 Å². The van der Waals surface area contributed by atoms with Crippen molar-refractivity contribution in [2.24, 2.45) is 0 Å². The molecule has 0 bridgehead atoms. The molecule has 0 saturated heterocycles. The summed E-state index contributed by atoms with van der Waals surface area (Å²) >= 11 is 0. The van der Waals surface area contributed by atoms with Crippen LogP contribution in [0.25, 0.3) is 0 Å². The molecule has 94 valence electrons. The zero-order valence-electron chi connectivity index (χ0n) is 11.1. The number of aromatic nitrogens is 2. The SMILES string of the molecule is CNC(Cc1cc(C)ccc1C)c1ccncn1. The molecular weight excluding hydrogens is 222 g/mol. The van der Waals surface area contributed by atoms with Crippen molar-refractivity contribution in [3.05, 3.63) is 59.2 Å². The Morgan fingerprint density at radius 2 is 2.06 bits per heavy atom. The zero-order valence-corrected chi connectivity index (χ0v) is 11.1. The average molecular weight is 241 g/mol. The first-order valence-corrected chi connectivity index (χ1v) is 6.20. The summed E-state index contributed by atoms with van der Waals surface area (Å²) in [6.07, 6.45) is 4.33. The fraction of sp³-hybridized carbons (Fsp3) is 0.333. The Labute approximate surface area is 108 Å². The topological polar surface area (TPSA) is 37.8 Å². The number of nitrogens with zero attached hydrogens (tertiary/aromatic N) is 2. The van der Waals surface area contributed by atoms with E-state index in [-0.39, 0.29) is 6.04 Å². The van der Waals surface area contributed by atoms with Crippen molar-refractivity contribution in [2.45, 2.75) is 26.3 Å². The van der Waals surface area contributed by atoms with E-state index in [2.05, 4.69) is 47.3 Å². The summed E-state index contributed by atoms with van der Waals surface area (Å²) in [4.78, 5) is 8.29. The van der Waals surface area contributed by atoms with Gasteiger partial charge in [-0.3, -0.25) is 0 Å². The van der Waals surface area contributed by atoms with Crippen LogP contribution < -0.4 is 5.32 Å². The molecule has 1 heterocycles. The standard InChI is InChI=1S/C15H19N3/c1-11-4-5-12(2)13(8-11)9-15(16-3)14-6-7-17-10-18-14/h4-8,10,15-16H,9H2,1-3H3. The van der Waals surface area contributed by atoms with Gasteiger partial charge < -0.3 is 5.32 Å². The predicted molar refractivity (Wildman–Crippen MR) is 73.5 cm³/mol. The maximum absolute atomic E-state index is 4.32. The summed E-state index contributed by atoms with van der Waals surface area (Å²) in [6, 6.07) is 8.77. The lowest BCUT2D eigenvalue weighted by Crippen LogP contribution is -2.20. The van der Waals surface area contributed by atoms with Gasteiger partial charge in [-0.25, -0.2) is 9.97 Å². The maximum Gasteiger partial charge on any atom is 0.115 e. The quantitative estimate of drug-likeness (QED) is 0.894. The second-order valence-corrected chi connectivity index (χ2v) is 4.61. The molecule has 1 unspecified atom stereocenters. The minimum Gasteiger partial charge on any atom is -0.311 e. The lowest BCUT2D eigenvalue weighted by molar-refractivity contribution is 0.573. The molecule has 0 aliphatic rings. The summed E-state index contributed by atoms with van der Waals surface area (Å²) in [5, 5.41) is 3.32. The van der Waals surface area contributed by atoms with Crippen LogP contribution in [0, 0.1) is 13.8 Å². The largest absolute Gasteiger partial charge is 0.311 e. The number of aryl methyl sites for hydroxylation is 2. The molecule has 0 fully saturated rings. The van der Waals surface area contributed by atoms with Crippen molar-refractivity contribution in [1.29, 1.82) is 0 Å². The highest BCUT2D eigenvalue weighted by molar-refractivity contribution is 5.31. The molecule has 0 spiro atoms. The Kier molecular flexibility index (Phi) is 4.05. The van der Waals surface area contributed by atoms with Crippen LogP contribution in [-0.4, -0.2) is 17.0 Å². The highest BCUT2D eigenvalue weighted by Crippen LogP contribution is 2.19. The molecule has 0 radical (unpaired) electrons. The molecule has 0 saturated carbocycles. The van der Waals surface area contributed by atoms with Crippen LogP contribution in [-0.2, 0) is 6.42 Å². The van der Waals surface area contributed by atoms with Crippen LogP contribution in [0.1, 0.15) is 28.4 Å². The first-order valence-electron chi connectivity index (χ1n) is 6.20. The fourth-order valence-electron chi connectivity index (χ4n) is 2.10. The Morgan fingerprint density at radius 1 is 1.22 bits per heavy atom. The first-order chi connectivity index (χ1) is 8.70. The summed E-state index contributed by atoms with van der Waals surface area (Å²) in [7, 11) is 1.97. The monoisotopic (exact) mass is 241 g/mol. The number of likely N-dealkylation sites (N-methyl/N-ethyl adjacent to an activating group) is 1. The van der Waals surface area contributed by atoms with Crippen LogP contribution >= 0.6 is 0 Å². The summed E-state index contributed by atoms with van der Waals surface area (Å²) in [5.74, 6) is 0. The third kappa shape index (κ3) is 2.93. The van der Waals surface area contributed by atoms with E-state index in [1.165, 1.54) is 16.7 Å². The minimum atomic E-state index is 0.230. The Bertz CT molecular complexity index is 508. The van der Waals surface area contributed by atoms with Crippen molar-refractivity contribution in [1.82, 2.24) is 15.3 Å². The van der Waals surface area contributed by atoms with Gasteiger partial charge in [-0.2, -0.15) is 0 Å². The molecule has 0 aliphatic heterocycles. The number of benzene rings is 1. The van der Waals surface area contributed by atoms with E-state index in [0.29, 0.717) is 0 Å². The number of rotatable bonds is 4. The van der Waals surface area contributed by atoms with Gasteiger partial charge in [-0.1, -0.05) is 23.8 Å². The molecule has 0 aliphatic carbocycles. The summed E-state index contributed by atoms with van der Waals surface area (Å²) in [6.45, 7) is 4.28. The van der Waals surface area contributed by atoms with E-state index in [9.17, 15) is 0 Å². The molecule has 1 aromatic heterocycles. The van der Waals surface area contributed by atoms with Crippen LogP contribution in [0.4, 0.5) is 0 Å². The highest BCUT2D eigenvalue weighted by Gasteiger charge is 2.12. The molecule has 3 nitrogen and oxygen atoms in total. The molecular formula is C15H19N3. The van der Waals surface area contributed by atoms with E-state index < -0.39 is 0 Å². The lowest BCUT2D eigenvalue weighted by atomic mass is 9.97. The Balaban J connectivity index is 2.23. The minimum absolute atomic E-state index is 0.230. The molecule has 1 aromatic carbocycles. The second-order valence-electron chi connectivity index (χ2n) is 4.61. The van der Waals surface area contributed by atoms with E-state index in [1.54, 1.807) is 12.5 Å². The lowest BCUT2D eigenvalue weighted by Gasteiger charge is -2.17. The van der Waals surface area contributed by atoms with E-state index in [0.717, 1.165) is 12.1 Å². The van der Waals surface area contributed by atoms with Crippen LogP contribution in [0.2, 0.25) is 0 Å². The van der Waals surface area contributed by atoms with Crippen molar-refractivity contribution in [2.75, 3.05) is 7.05 Å². The molecule has 2 rings (SSSR count). The van der Waals surface area contributed by atoms with Crippen LogP contribution in [0.3, 0.4) is 0 Å². The van der Waals surface area contributed by atoms with Crippen LogP contribution in [0.15, 0.2) is 36.8 Å². The third-order valence-electron chi connectivity index (χ3n) is 3.24. The van der Waals surface area contributed by atoms with Gasteiger partial charge in [0, 0.05) is 6.20 Å². The Hall–Kier alpha value is -1.74. The maximum atomic E-state index is 4.32. The molecule has 1 atom stereocenters. The van der Waals surface area contributed by atoms with Gasteiger partial charge in [0.05, 0.1) is 11.7 Å². The molecule has 0 amide bonds. The van der Waals surface area contributed by atoms with E-state index in [1.807, 2.05) is 13.1 Å². The Morgan fingerprint density at radius 3 is 2.72 bits per heavy atom. The third-order valence-corrected chi connectivity index (χ3v) is 3.24. The van der Waals surface area contributed by atoms with Gasteiger partial charge in [0.1, 0.15) is 6.33 Å². The highest BCUT2D eigenvalue weighted by atomic mass is 14.9. The number of hydrogen-bond donors (Lipinski definition) is 1. The van der Waals surface area contributed by atoms with Crippen molar-refractivity contribution >= 4 is 0 Å². The van der Waals surface area contributed by atoms with Gasteiger partial charge in [0.25, 0.3) is 0 Å². The number of hydrogen-bond acceptors (Lipinski definition) is 3. The zero-order chi connectivity index (χ0) is 13.0. The molecule has 1 N–H and O–H groups in total. The average Bonchev–Trinajstić information content (AvgIpc) is 2.41. The van der Waals surface area contributed by atoms with Gasteiger partial charge in [0.2, 0.25) is 0 Å². The second kappa shape index (κ2) is 5.74.